The van der Waals surface area contributed by atoms with Crippen LogP contribution < -0.4 is 11.3 Å². The first-order valence-corrected chi connectivity index (χ1v) is 4.96. The van der Waals surface area contributed by atoms with E-state index in [1.165, 1.54) is 0 Å². The zero-order chi connectivity index (χ0) is 10.6. The van der Waals surface area contributed by atoms with Crippen LogP contribution in [0.15, 0.2) is 30.9 Å². The largest absolute Gasteiger partial charge is 0.271 e. The van der Waals surface area contributed by atoms with E-state index in [1.54, 1.807) is 24.3 Å². The third-order valence-electron chi connectivity index (χ3n) is 1.94. The smallest absolute Gasteiger partial charge is 0.0509 e. The Kier molecular flexibility index (Phi) is 4.42. The summed E-state index contributed by atoms with van der Waals surface area (Å²) in [6.07, 6.45) is 2.48. The van der Waals surface area contributed by atoms with E-state index < -0.39 is 0 Å². The van der Waals surface area contributed by atoms with Crippen molar-refractivity contribution in [1.29, 1.82) is 0 Å². The fourth-order valence-electron chi connectivity index (χ4n) is 1.23. The van der Waals surface area contributed by atoms with Crippen molar-refractivity contribution in [3.63, 3.8) is 0 Å². The zero-order valence-corrected chi connectivity index (χ0v) is 9.15. The highest BCUT2D eigenvalue weighted by Gasteiger charge is 2.11. The highest BCUT2D eigenvalue weighted by atomic mass is 35.5. The molecule has 0 fully saturated rings. The lowest BCUT2D eigenvalue weighted by Crippen LogP contribution is -2.27. The molecule has 0 heterocycles. The van der Waals surface area contributed by atoms with Crippen molar-refractivity contribution < 1.29 is 0 Å². The summed E-state index contributed by atoms with van der Waals surface area (Å²) < 4.78 is 0. The normalized spacial score (nSPS) is 12.5. The molecule has 3 N–H and O–H groups in total. The molecule has 0 aliphatic rings. The minimum atomic E-state index is -0.0429. The van der Waals surface area contributed by atoms with Crippen LogP contribution >= 0.6 is 23.2 Å². The molecule has 1 aromatic rings. The molecule has 76 valence electrons. The lowest BCUT2D eigenvalue weighted by molar-refractivity contribution is 0.562. The molecule has 0 spiro atoms. The van der Waals surface area contributed by atoms with Gasteiger partial charge in [-0.05, 0) is 30.2 Å². The molecule has 0 amide bonds. The van der Waals surface area contributed by atoms with E-state index >= 15 is 0 Å². The highest BCUT2D eigenvalue weighted by Crippen LogP contribution is 2.27. The van der Waals surface area contributed by atoms with Crippen LogP contribution in [0, 0.1) is 0 Å². The molecule has 0 saturated carbocycles. The van der Waals surface area contributed by atoms with E-state index in [2.05, 4.69) is 12.0 Å². The Morgan fingerprint density at radius 3 is 2.79 bits per heavy atom. The number of hydrazine groups is 1. The Morgan fingerprint density at radius 2 is 2.21 bits per heavy atom. The van der Waals surface area contributed by atoms with Gasteiger partial charge in [0.05, 0.1) is 6.04 Å². The van der Waals surface area contributed by atoms with E-state index in [1.807, 2.05) is 0 Å². The quantitative estimate of drug-likeness (QED) is 0.474. The van der Waals surface area contributed by atoms with Crippen molar-refractivity contribution in [2.24, 2.45) is 5.84 Å². The topological polar surface area (TPSA) is 38.0 Å². The molecule has 1 atom stereocenters. The van der Waals surface area contributed by atoms with Crippen molar-refractivity contribution in [2.75, 3.05) is 0 Å². The molecular weight excluding hydrogens is 219 g/mol. The SMILES string of the molecule is C=CCC(NN)c1cc(Cl)ccc1Cl. The van der Waals surface area contributed by atoms with Crippen molar-refractivity contribution in [3.8, 4) is 0 Å². The Labute approximate surface area is 93.7 Å². The average molecular weight is 231 g/mol. The van der Waals surface area contributed by atoms with Gasteiger partial charge in [0.1, 0.15) is 0 Å². The van der Waals surface area contributed by atoms with Gasteiger partial charge >= 0.3 is 0 Å². The molecule has 1 aromatic carbocycles. The summed E-state index contributed by atoms with van der Waals surface area (Å²) in [5.41, 5.74) is 3.56. The molecule has 1 rings (SSSR count). The molecule has 1 unspecified atom stereocenters. The fourth-order valence-corrected chi connectivity index (χ4v) is 1.66. The minimum absolute atomic E-state index is 0.0429. The van der Waals surface area contributed by atoms with Gasteiger partial charge in [-0.3, -0.25) is 11.3 Å². The Hall–Kier alpha value is -0.540. The second-order valence-corrected chi connectivity index (χ2v) is 3.75. The summed E-state index contributed by atoms with van der Waals surface area (Å²) in [5.74, 6) is 5.41. The maximum atomic E-state index is 6.02. The van der Waals surface area contributed by atoms with Crippen LogP contribution in [-0.4, -0.2) is 0 Å². The van der Waals surface area contributed by atoms with Gasteiger partial charge in [-0.15, -0.1) is 6.58 Å². The van der Waals surface area contributed by atoms with Crippen LogP contribution in [-0.2, 0) is 0 Å². The predicted octanol–water partition coefficient (Wildman–Crippen LogP) is 3.07. The maximum Gasteiger partial charge on any atom is 0.0509 e. The summed E-state index contributed by atoms with van der Waals surface area (Å²) >= 11 is 11.9. The second kappa shape index (κ2) is 5.37. The first kappa shape index (κ1) is 11.5. The summed E-state index contributed by atoms with van der Waals surface area (Å²) in [5, 5.41) is 1.30. The Morgan fingerprint density at radius 1 is 1.50 bits per heavy atom. The van der Waals surface area contributed by atoms with E-state index in [0.29, 0.717) is 16.5 Å². The van der Waals surface area contributed by atoms with Gasteiger partial charge in [-0.1, -0.05) is 29.3 Å². The maximum absolute atomic E-state index is 6.02. The van der Waals surface area contributed by atoms with E-state index in [4.69, 9.17) is 29.0 Å². The van der Waals surface area contributed by atoms with Gasteiger partial charge in [-0.2, -0.15) is 0 Å². The van der Waals surface area contributed by atoms with Gasteiger partial charge in [0.2, 0.25) is 0 Å². The van der Waals surface area contributed by atoms with Gasteiger partial charge in [-0.25, -0.2) is 0 Å². The van der Waals surface area contributed by atoms with Crippen LogP contribution in [0.5, 0.6) is 0 Å². The number of benzene rings is 1. The first-order chi connectivity index (χ1) is 6.69. The first-order valence-electron chi connectivity index (χ1n) is 4.21. The lowest BCUT2D eigenvalue weighted by atomic mass is 10.0. The van der Waals surface area contributed by atoms with Crippen LogP contribution in [0.25, 0.3) is 0 Å². The van der Waals surface area contributed by atoms with Crippen molar-refractivity contribution in [2.45, 2.75) is 12.5 Å². The van der Waals surface area contributed by atoms with Crippen LogP contribution in [0.3, 0.4) is 0 Å². The number of halogens is 2. The minimum Gasteiger partial charge on any atom is -0.271 e. The zero-order valence-electron chi connectivity index (χ0n) is 7.63. The second-order valence-electron chi connectivity index (χ2n) is 2.91. The van der Waals surface area contributed by atoms with Crippen LogP contribution in [0.4, 0.5) is 0 Å². The summed E-state index contributed by atoms with van der Waals surface area (Å²) in [6.45, 7) is 3.65. The van der Waals surface area contributed by atoms with Crippen LogP contribution in [0.1, 0.15) is 18.0 Å². The van der Waals surface area contributed by atoms with Crippen molar-refractivity contribution in [3.05, 3.63) is 46.5 Å². The third kappa shape index (κ3) is 2.72. The van der Waals surface area contributed by atoms with Crippen molar-refractivity contribution in [1.82, 2.24) is 5.43 Å². The van der Waals surface area contributed by atoms with Gasteiger partial charge in [0, 0.05) is 10.0 Å². The molecule has 2 nitrogen and oxygen atoms in total. The molecule has 0 aromatic heterocycles. The summed E-state index contributed by atoms with van der Waals surface area (Å²) in [4.78, 5) is 0. The fraction of sp³-hybridized carbons (Fsp3) is 0.200. The summed E-state index contributed by atoms with van der Waals surface area (Å²) in [7, 11) is 0. The Balaban J connectivity index is 3.01. The average Bonchev–Trinajstić information content (AvgIpc) is 2.18. The van der Waals surface area contributed by atoms with E-state index in [-0.39, 0.29) is 6.04 Å². The van der Waals surface area contributed by atoms with Gasteiger partial charge in [0.15, 0.2) is 0 Å². The molecule has 4 heteroatoms. The Bertz CT molecular complexity index is 326. The predicted molar refractivity (Wildman–Crippen MR) is 61.3 cm³/mol. The number of hydrogen-bond acceptors (Lipinski definition) is 2. The molecule has 14 heavy (non-hydrogen) atoms. The van der Waals surface area contributed by atoms with Crippen molar-refractivity contribution >= 4 is 23.2 Å². The number of nitrogens with one attached hydrogen (secondary N) is 1. The molecule has 0 saturated heterocycles. The van der Waals surface area contributed by atoms with E-state index in [9.17, 15) is 0 Å². The monoisotopic (exact) mass is 230 g/mol. The third-order valence-corrected chi connectivity index (χ3v) is 2.52. The number of hydrogen-bond donors (Lipinski definition) is 2. The van der Waals surface area contributed by atoms with Gasteiger partial charge < -0.3 is 0 Å². The molecule has 0 aliphatic heterocycles. The number of rotatable bonds is 4. The van der Waals surface area contributed by atoms with E-state index in [0.717, 1.165) is 5.56 Å². The molecule has 0 radical (unpaired) electrons. The number of nitrogens with two attached hydrogens (primary N) is 1. The highest BCUT2D eigenvalue weighted by molar-refractivity contribution is 6.33. The standard InChI is InChI=1S/C10H12Cl2N2/c1-2-3-10(14-13)8-6-7(11)4-5-9(8)12/h2,4-6,10,14H,1,3,13H2. The molecule has 0 aliphatic carbocycles. The van der Waals surface area contributed by atoms with Crippen LogP contribution in [0.2, 0.25) is 10.0 Å². The molecular formula is C10H12Cl2N2. The lowest BCUT2D eigenvalue weighted by Gasteiger charge is -2.15. The summed E-state index contributed by atoms with van der Waals surface area (Å²) in [6, 6.07) is 5.26. The van der Waals surface area contributed by atoms with Gasteiger partial charge in [0.25, 0.3) is 0 Å². The molecule has 0 bridgehead atoms.